The van der Waals surface area contributed by atoms with Crippen molar-refractivity contribution in [2.75, 3.05) is 6.61 Å². The molecule has 0 saturated heterocycles. The minimum Gasteiger partial charge on any atom is -0.506 e. The van der Waals surface area contributed by atoms with E-state index in [0.717, 1.165) is 28.6 Å². The van der Waals surface area contributed by atoms with Crippen LogP contribution in [0.15, 0.2) is 36.7 Å². The number of carbonyl (C=O) groups excluding carboxylic acids is 1. The minimum atomic E-state index is -0.428. The topological polar surface area (TPSA) is 64.3 Å². The Morgan fingerprint density at radius 3 is 2.84 bits per heavy atom. The summed E-state index contributed by atoms with van der Waals surface area (Å²) in [6.45, 7) is 4.86. The lowest BCUT2D eigenvalue weighted by molar-refractivity contribution is 0.0519. The average Bonchev–Trinajstić information content (AvgIpc) is 2.96. The number of para-hydroxylation sites is 1. The lowest BCUT2D eigenvalue weighted by Crippen LogP contribution is -2.07. The van der Waals surface area contributed by atoms with Gasteiger partial charge in [-0.05, 0) is 37.1 Å². The van der Waals surface area contributed by atoms with Gasteiger partial charge in [-0.15, -0.1) is 0 Å². The number of aromatic nitrogens is 2. The summed E-state index contributed by atoms with van der Waals surface area (Å²) in [7, 11) is 0. The van der Waals surface area contributed by atoms with Crippen molar-refractivity contribution in [1.29, 1.82) is 0 Å². The molecule has 0 aliphatic carbocycles. The summed E-state index contributed by atoms with van der Waals surface area (Å²) >= 11 is 6.00. The first-order chi connectivity index (χ1) is 12.0. The zero-order valence-electron chi connectivity index (χ0n) is 14.1. The van der Waals surface area contributed by atoms with Gasteiger partial charge in [0.1, 0.15) is 11.4 Å². The van der Waals surface area contributed by atoms with Crippen molar-refractivity contribution in [3.63, 3.8) is 0 Å². The molecule has 0 fully saturated rings. The van der Waals surface area contributed by atoms with Crippen molar-refractivity contribution in [2.24, 2.45) is 0 Å². The maximum atomic E-state index is 11.9. The summed E-state index contributed by atoms with van der Waals surface area (Å²) in [5, 5.41) is 11.4. The highest BCUT2D eigenvalue weighted by Crippen LogP contribution is 2.31. The molecule has 25 heavy (non-hydrogen) atoms. The summed E-state index contributed by atoms with van der Waals surface area (Å²) in [5.41, 5.74) is 2.96. The molecule has 0 amide bonds. The fraction of sp³-hybridized carbons (Fsp3) is 0.263. The van der Waals surface area contributed by atoms with Crippen LogP contribution in [0.1, 0.15) is 35.5 Å². The zero-order valence-corrected chi connectivity index (χ0v) is 14.9. The van der Waals surface area contributed by atoms with Crippen LogP contribution >= 0.6 is 11.6 Å². The number of hydrogen-bond acceptors (Lipinski definition) is 4. The molecule has 0 bridgehead atoms. The van der Waals surface area contributed by atoms with E-state index >= 15 is 0 Å². The van der Waals surface area contributed by atoms with Crippen LogP contribution in [0.5, 0.6) is 5.75 Å². The molecule has 0 unspecified atom stereocenters. The van der Waals surface area contributed by atoms with E-state index in [1.807, 2.05) is 25.3 Å². The maximum Gasteiger partial charge on any atom is 0.356 e. The molecule has 2 aromatic heterocycles. The monoisotopic (exact) mass is 358 g/mol. The third-order valence-electron chi connectivity index (χ3n) is 4.13. The second-order valence-electron chi connectivity index (χ2n) is 5.67. The molecule has 0 radical (unpaired) electrons. The van der Waals surface area contributed by atoms with Crippen LogP contribution in [0.2, 0.25) is 5.02 Å². The van der Waals surface area contributed by atoms with Crippen LogP contribution in [-0.4, -0.2) is 27.2 Å². The number of rotatable bonds is 5. The standard InChI is InChI=1S/C19H19ClN2O3/c1-3-22-11-13(8-12-6-5-7-15(20)18(12)23)14-10-21-16(9-17(14)22)19(24)25-4-2/h5-7,9-11,23H,3-4,8H2,1-2H3. The number of phenolic OH excluding ortho intramolecular Hbond substituents is 1. The Bertz CT molecular complexity index is 934. The molecule has 1 N–H and O–H groups in total. The number of benzene rings is 1. The van der Waals surface area contributed by atoms with Crippen LogP contribution in [-0.2, 0) is 17.7 Å². The van der Waals surface area contributed by atoms with Crippen LogP contribution in [0, 0.1) is 0 Å². The molecule has 6 heteroatoms. The number of fused-ring (bicyclic) bond motifs is 1. The molecular weight excluding hydrogens is 340 g/mol. The minimum absolute atomic E-state index is 0.0951. The number of esters is 1. The van der Waals surface area contributed by atoms with Gasteiger partial charge >= 0.3 is 5.97 Å². The van der Waals surface area contributed by atoms with Crippen LogP contribution < -0.4 is 0 Å². The van der Waals surface area contributed by atoms with Crippen LogP contribution in [0.3, 0.4) is 0 Å². The van der Waals surface area contributed by atoms with E-state index in [2.05, 4.69) is 9.55 Å². The summed E-state index contributed by atoms with van der Waals surface area (Å²) in [6, 6.07) is 7.06. The number of pyridine rings is 1. The first-order valence-electron chi connectivity index (χ1n) is 8.16. The van der Waals surface area contributed by atoms with Gasteiger partial charge in [0, 0.05) is 30.7 Å². The zero-order chi connectivity index (χ0) is 18.0. The Morgan fingerprint density at radius 1 is 1.32 bits per heavy atom. The number of hydrogen-bond donors (Lipinski definition) is 1. The molecule has 3 rings (SSSR count). The number of phenols is 1. The summed E-state index contributed by atoms with van der Waals surface area (Å²) in [4.78, 5) is 16.2. The van der Waals surface area contributed by atoms with Gasteiger partial charge in [-0.3, -0.25) is 0 Å². The number of carbonyl (C=O) groups is 1. The molecule has 3 aromatic rings. The molecule has 0 saturated carbocycles. The molecule has 5 nitrogen and oxygen atoms in total. The Balaban J connectivity index is 2.05. The predicted molar refractivity (Wildman–Crippen MR) is 97.3 cm³/mol. The Labute approximate surface area is 150 Å². The highest BCUT2D eigenvalue weighted by Gasteiger charge is 2.15. The third-order valence-corrected chi connectivity index (χ3v) is 4.43. The second-order valence-corrected chi connectivity index (χ2v) is 6.08. The number of aromatic hydroxyl groups is 1. The highest BCUT2D eigenvalue weighted by atomic mass is 35.5. The Kier molecular flexibility index (Phi) is 4.95. The van der Waals surface area contributed by atoms with Crippen molar-refractivity contribution < 1.29 is 14.6 Å². The number of ether oxygens (including phenoxy) is 1. The second kappa shape index (κ2) is 7.15. The number of aryl methyl sites for hydroxylation is 1. The third kappa shape index (κ3) is 3.33. The predicted octanol–water partition coefficient (Wildman–Crippen LogP) is 4.18. The van der Waals surface area contributed by atoms with E-state index in [-0.39, 0.29) is 5.75 Å². The van der Waals surface area contributed by atoms with Crippen molar-refractivity contribution in [3.05, 3.63) is 58.5 Å². The van der Waals surface area contributed by atoms with Gasteiger partial charge < -0.3 is 14.4 Å². The Hall–Kier alpha value is -2.53. The molecule has 0 atom stereocenters. The van der Waals surface area contributed by atoms with E-state index < -0.39 is 5.97 Å². The summed E-state index contributed by atoms with van der Waals surface area (Å²) in [5.74, 6) is -0.333. The van der Waals surface area contributed by atoms with E-state index in [9.17, 15) is 9.90 Å². The van der Waals surface area contributed by atoms with E-state index in [1.165, 1.54) is 0 Å². The normalized spacial score (nSPS) is 11.0. The lowest BCUT2D eigenvalue weighted by atomic mass is 10.0. The number of nitrogens with zero attached hydrogens (tertiary/aromatic N) is 2. The van der Waals surface area contributed by atoms with E-state index in [4.69, 9.17) is 16.3 Å². The van der Waals surface area contributed by atoms with E-state index in [1.54, 1.807) is 25.3 Å². The first-order valence-corrected chi connectivity index (χ1v) is 8.54. The van der Waals surface area contributed by atoms with Crippen LogP contribution in [0.4, 0.5) is 0 Å². The van der Waals surface area contributed by atoms with Gasteiger partial charge in [0.25, 0.3) is 0 Å². The molecule has 2 heterocycles. The molecular formula is C19H19ClN2O3. The smallest absolute Gasteiger partial charge is 0.356 e. The SMILES string of the molecule is CCOC(=O)c1cc2c(cn1)c(Cc1cccc(Cl)c1O)cn2CC. The summed E-state index contributed by atoms with van der Waals surface area (Å²) < 4.78 is 7.08. The van der Waals surface area contributed by atoms with Gasteiger partial charge in [-0.2, -0.15) is 0 Å². The average molecular weight is 359 g/mol. The molecule has 0 aliphatic heterocycles. The van der Waals surface area contributed by atoms with Gasteiger partial charge in [-0.25, -0.2) is 9.78 Å². The largest absolute Gasteiger partial charge is 0.506 e. The van der Waals surface area contributed by atoms with Crippen molar-refractivity contribution in [1.82, 2.24) is 9.55 Å². The molecule has 1 aromatic carbocycles. The maximum absolute atomic E-state index is 11.9. The summed E-state index contributed by atoms with van der Waals surface area (Å²) in [6.07, 6.45) is 4.22. The van der Waals surface area contributed by atoms with Gasteiger partial charge in [0.05, 0.1) is 17.1 Å². The van der Waals surface area contributed by atoms with Crippen molar-refractivity contribution >= 4 is 28.5 Å². The highest BCUT2D eigenvalue weighted by molar-refractivity contribution is 6.32. The quantitative estimate of drug-likeness (QED) is 0.695. The van der Waals surface area contributed by atoms with E-state index in [0.29, 0.717) is 23.7 Å². The molecule has 0 spiro atoms. The van der Waals surface area contributed by atoms with Gasteiger partial charge in [-0.1, -0.05) is 23.7 Å². The molecule has 0 aliphatic rings. The van der Waals surface area contributed by atoms with Crippen LogP contribution in [0.25, 0.3) is 10.9 Å². The fourth-order valence-electron chi connectivity index (χ4n) is 2.88. The van der Waals surface area contributed by atoms with Crippen molar-refractivity contribution in [3.8, 4) is 5.75 Å². The van der Waals surface area contributed by atoms with Crippen molar-refractivity contribution in [2.45, 2.75) is 26.8 Å². The van der Waals surface area contributed by atoms with Gasteiger partial charge in [0.2, 0.25) is 0 Å². The fourth-order valence-corrected chi connectivity index (χ4v) is 3.08. The molecule has 130 valence electrons. The number of halogens is 1. The first kappa shape index (κ1) is 17.3. The Morgan fingerprint density at radius 2 is 2.12 bits per heavy atom. The lowest BCUT2D eigenvalue weighted by Gasteiger charge is -2.05. The van der Waals surface area contributed by atoms with Gasteiger partial charge in [0.15, 0.2) is 0 Å².